The van der Waals surface area contributed by atoms with Gasteiger partial charge in [-0.05, 0) is 44.9 Å². The molecule has 14 heteroatoms. The van der Waals surface area contributed by atoms with Crippen molar-refractivity contribution in [1.82, 2.24) is 0 Å². The zero-order valence-corrected chi connectivity index (χ0v) is 37.2. The van der Waals surface area contributed by atoms with Gasteiger partial charge in [-0.25, -0.2) is 9.36 Å². The Morgan fingerprint density at radius 1 is 0.559 bits per heavy atom. The summed E-state index contributed by atoms with van der Waals surface area (Å²) >= 11 is 0. The van der Waals surface area contributed by atoms with Crippen molar-refractivity contribution in [1.29, 1.82) is 0 Å². The Morgan fingerprint density at radius 3 is 1.47 bits per heavy atom. The van der Waals surface area contributed by atoms with Crippen molar-refractivity contribution in [3.63, 3.8) is 0 Å². The molecular weight excluding hydrogens is 779 g/mol. The molecular formula is C45H81O13P. The van der Waals surface area contributed by atoms with Crippen molar-refractivity contribution in [2.75, 3.05) is 13.2 Å². The van der Waals surface area contributed by atoms with Gasteiger partial charge in [0.25, 0.3) is 0 Å². The Balaban J connectivity index is 2.53. The van der Waals surface area contributed by atoms with Gasteiger partial charge in [-0.15, -0.1) is 0 Å². The van der Waals surface area contributed by atoms with Crippen LogP contribution in [0.4, 0.5) is 0 Å². The maximum atomic E-state index is 12.8. The minimum Gasteiger partial charge on any atom is -0.458 e. The first kappa shape index (κ1) is 55.1. The third kappa shape index (κ3) is 28.3. The summed E-state index contributed by atoms with van der Waals surface area (Å²) in [6, 6.07) is 0. The molecule has 6 unspecified atom stereocenters. The minimum atomic E-state index is -5.14. The normalized spacial score (nSPS) is 22.6. The molecule has 1 rings (SSSR count). The van der Waals surface area contributed by atoms with Gasteiger partial charge >= 0.3 is 19.8 Å². The van der Waals surface area contributed by atoms with E-state index in [1.807, 2.05) is 6.08 Å². The summed E-state index contributed by atoms with van der Waals surface area (Å²) in [6.45, 7) is 3.17. The van der Waals surface area contributed by atoms with Gasteiger partial charge in [0.2, 0.25) is 0 Å². The van der Waals surface area contributed by atoms with Crippen molar-refractivity contribution in [2.24, 2.45) is 0 Å². The second kappa shape index (κ2) is 35.6. The van der Waals surface area contributed by atoms with Gasteiger partial charge in [-0.2, -0.15) is 0 Å². The summed E-state index contributed by atoms with van der Waals surface area (Å²) in [5, 5.41) is 50.1. The van der Waals surface area contributed by atoms with Crippen LogP contribution in [-0.2, 0) is 32.7 Å². The van der Waals surface area contributed by atoms with E-state index in [9.17, 15) is 44.6 Å². The molecule has 8 atom stereocenters. The Kier molecular flexibility index (Phi) is 33.3. The predicted octanol–water partition coefficient (Wildman–Crippen LogP) is 8.61. The molecule has 1 saturated carbocycles. The second-order valence-electron chi connectivity index (χ2n) is 16.0. The molecule has 0 aromatic carbocycles. The fourth-order valence-corrected chi connectivity index (χ4v) is 7.82. The first-order valence-electron chi connectivity index (χ1n) is 22.8. The summed E-state index contributed by atoms with van der Waals surface area (Å²) < 4.78 is 33.3. The van der Waals surface area contributed by atoms with Gasteiger partial charge in [-0.1, -0.05) is 160 Å². The fraction of sp³-hybridized carbons (Fsp3) is 0.822. The summed E-state index contributed by atoms with van der Waals surface area (Å²) in [5.41, 5.74) is 0. The summed E-state index contributed by atoms with van der Waals surface area (Å²) in [7, 11) is -5.14. The van der Waals surface area contributed by atoms with Crippen LogP contribution in [0.3, 0.4) is 0 Å². The summed E-state index contributed by atoms with van der Waals surface area (Å²) in [6.07, 6.45) is 26.9. The molecule has 1 aliphatic carbocycles. The highest BCUT2D eigenvalue weighted by Crippen LogP contribution is 2.47. The van der Waals surface area contributed by atoms with E-state index in [2.05, 4.69) is 26.0 Å². The molecule has 1 fully saturated rings. The number of ether oxygens (including phenoxy) is 2. The average Bonchev–Trinajstić information content (AvgIpc) is 3.21. The molecule has 59 heavy (non-hydrogen) atoms. The van der Waals surface area contributed by atoms with E-state index in [1.165, 1.54) is 115 Å². The predicted molar refractivity (Wildman–Crippen MR) is 230 cm³/mol. The lowest BCUT2D eigenvalue weighted by Gasteiger charge is -2.41. The molecule has 0 radical (unpaired) electrons. The lowest BCUT2D eigenvalue weighted by Crippen LogP contribution is -2.64. The molecule has 0 aromatic rings. The Bertz CT molecular complexity index is 1180. The SMILES string of the molecule is CCCCCCCCCC/C=C/CCCCCC(=O)O[C@H](COC(=O)/C=C/C=C/CCCCCCCCCCCCC)COP(=O)(O)OC1C(O)C(O)C(O)[C@@H](O)C1O. The molecule has 0 bridgehead atoms. The van der Waals surface area contributed by atoms with Gasteiger partial charge in [0, 0.05) is 12.5 Å². The number of aliphatic hydroxyl groups is 5. The van der Waals surface area contributed by atoms with Crippen LogP contribution < -0.4 is 0 Å². The smallest absolute Gasteiger partial charge is 0.458 e. The molecule has 0 heterocycles. The first-order chi connectivity index (χ1) is 28.4. The molecule has 6 N–H and O–H groups in total. The quantitative estimate of drug-likeness (QED) is 0.00864. The topological polar surface area (TPSA) is 210 Å². The number of hydrogen-bond donors (Lipinski definition) is 6. The van der Waals surface area contributed by atoms with Crippen molar-refractivity contribution < 1.29 is 63.1 Å². The van der Waals surface area contributed by atoms with Crippen LogP contribution in [0.25, 0.3) is 0 Å². The van der Waals surface area contributed by atoms with E-state index in [0.717, 1.165) is 44.9 Å². The first-order valence-corrected chi connectivity index (χ1v) is 24.3. The number of unbranched alkanes of at least 4 members (excludes halogenated alkanes) is 22. The van der Waals surface area contributed by atoms with Gasteiger partial charge in [0.15, 0.2) is 6.10 Å². The number of phosphoric acid groups is 1. The van der Waals surface area contributed by atoms with E-state index >= 15 is 0 Å². The number of carbonyl (C=O) groups is 2. The number of phosphoric ester groups is 1. The van der Waals surface area contributed by atoms with Gasteiger partial charge in [0.1, 0.15) is 43.2 Å². The monoisotopic (exact) mass is 861 g/mol. The van der Waals surface area contributed by atoms with Crippen molar-refractivity contribution in [3.8, 4) is 0 Å². The number of esters is 2. The third-order valence-corrected chi connectivity index (χ3v) is 11.5. The van der Waals surface area contributed by atoms with Crippen LogP contribution in [0.5, 0.6) is 0 Å². The molecule has 13 nitrogen and oxygen atoms in total. The standard InChI is InChI=1S/C45H81O13P/c1-3-5-7-9-11-13-15-17-19-21-23-25-27-29-31-33-38(46)55-35-37(36-56-59(53,54)58-45-43(51)41(49)40(48)42(50)44(45)52)57-39(47)34-32-30-28-26-24-22-20-18-16-14-12-10-8-6-4-2/h22,24,27,29,31,33,37,40-45,48-52H,3-21,23,25-26,28,30,32,34-36H2,1-2H3,(H,53,54)/b24-22+,29-27+,33-31+/t37-,40?,41-,42?,43?,44?,45?/m1/s1. The van der Waals surface area contributed by atoms with E-state index in [4.69, 9.17) is 18.5 Å². The zero-order chi connectivity index (χ0) is 43.6. The van der Waals surface area contributed by atoms with Crippen LogP contribution in [0.2, 0.25) is 0 Å². The maximum absolute atomic E-state index is 12.8. The second-order valence-corrected chi connectivity index (χ2v) is 17.4. The third-order valence-electron chi connectivity index (χ3n) is 10.6. The molecule has 0 amide bonds. The van der Waals surface area contributed by atoms with Crippen LogP contribution >= 0.6 is 7.82 Å². The molecule has 0 aromatic heterocycles. The molecule has 344 valence electrons. The highest BCUT2D eigenvalue weighted by Gasteiger charge is 2.51. The Labute approximate surface area is 355 Å². The molecule has 0 saturated heterocycles. The Hall–Kier alpha value is -1.93. The van der Waals surface area contributed by atoms with E-state index < -0.39 is 75.7 Å². The fourth-order valence-electron chi connectivity index (χ4n) is 6.84. The zero-order valence-electron chi connectivity index (χ0n) is 36.3. The van der Waals surface area contributed by atoms with Gasteiger partial charge in [0.05, 0.1) is 6.61 Å². The van der Waals surface area contributed by atoms with Gasteiger partial charge < -0.3 is 39.9 Å². The number of carbonyl (C=O) groups excluding carboxylic acids is 2. The molecule has 0 aliphatic heterocycles. The highest BCUT2D eigenvalue weighted by molar-refractivity contribution is 7.47. The van der Waals surface area contributed by atoms with E-state index in [0.29, 0.717) is 6.42 Å². The minimum absolute atomic E-state index is 0.0576. The van der Waals surface area contributed by atoms with E-state index in [1.54, 1.807) is 12.2 Å². The number of rotatable bonds is 37. The van der Waals surface area contributed by atoms with Crippen molar-refractivity contribution in [3.05, 3.63) is 36.5 Å². The van der Waals surface area contributed by atoms with Crippen LogP contribution in [0, 0.1) is 0 Å². The lowest BCUT2D eigenvalue weighted by atomic mass is 9.85. The number of hydrogen-bond acceptors (Lipinski definition) is 12. The molecule has 1 aliphatic rings. The average molecular weight is 861 g/mol. The van der Waals surface area contributed by atoms with Gasteiger partial charge in [-0.3, -0.25) is 13.8 Å². The van der Waals surface area contributed by atoms with Crippen molar-refractivity contribution >= 4 is 19.8 Å². The van der Waals surface area contributed by atoms with Crippen molar-refractivity contribution in [2.45, 2.75) is 224 Å². The Morgan fingerprint density at radius 2 is 0.983 bits per heavy atom. The lowest BCUT2D eigenvalue weighted by molar-refractivity contribution is -0.220. The number of aliphatic hydroxyl groups excluding tert-OH is 5. The highest BCUT2D eigenvalue weighted by atomic mass is 31.2. The molecule has 0 spiro atoms. The summed E-state index contributed by atoms with van der Waals surface area (Å²) in [5.74, 6) is -1.37. The number of allylic oxidation sites excluding steroid dienone is 5. The van der Waals surface area contributed by atoms with Crippen LogP contribution in [0.15, 0.2) is 36.5 Å². The van der Waals surface area contributed by atoms with Crippen LogP contribution in [-0.4, -0.2) is 98.3 Å². The van der Waals surface area contributed by atoms with E-state index in [-0.39, 0.29) is 6.42 Å². The maximum Gasteiger partial charge on any atom is 0.472 e. The van der Waals surface area contributed by atoms with Crippen LogP contribution in [0.1, 0.15) is 181 Å². The largest absolute Gasteiger partial charge is 0.472 e. The summed E-state index contributed by atoms with van der Waals surface area (Å²) in [4.78, 5) is 35.5.